The van der Waals surface area contributed by atoms with E-state index in [0.717, 1.165) is 23.1 Å². The van der Waals surface area contributed by atoms with Crippen LogP contribution in [0.15, 0.2) is 47.8 Å². The van der Waals surface area contributed by atoms with Crippen LogP contribution < -0.4 is 0 Å². The van der Waals surface area contributed by atoms with Crippen LogP contribution in [0.1, 0.15) is 27.2 Å². The van der Waals surface area contributed by atoms with Crippen LogP contribution in [0, 0.1) is 11.3 Å². The topological polar surface area (TPSA) is 26.3 Å². The molecule has 17 heavy (non-hydrogen) atoms. The minimum absolute atomic E-state index is 0.185. The molecule has 2 nitrogen and oxygen atoms in total. The van der Waals surface area contributed by atoms with Gasteiger partial charge in [-0.1, -0.05) is 25.2 Å². The van der Waals surface area contributed by atoms with Crippen LogP contribution in [0.5, 0.6) is 0 Å². The van der Waals surface area contributed by atoms with Gasteiger partial charge in [-0.3, -0.25) is 0 Å². The van der Waals surface area contributed by atoms with Gasteiger partial charge in [-0.05, 0) is 32.3 Å². The monoisotopic (exact) mass is 230 g/mol. The van der Waals surface area contributed by atoms with Crippen LogP contribution in [0.4, 0.5) is 0 Å². The summed E-state index contributed by atoms with van der Waals surface area (Å²) in [5, 5.41) is 0. The van der Waals surface area contributed by atoms with Crippen LogP contribution in [0.2, 0.25) is 0 Å². The van der Waals surface area contributed by atoms with Crippen molar-refractivity contribution in [2.24, 2.45) is 11.3 Å². The minimum atomic E-state index is -0.222. The average Bonchev–Trinajstić information content (AvgIpc) is 2.53. The van der Waals surface area contributed by atoms with E-state index in [1.807, 2.05) is 26.0 Å². The summed E-state index contributed by atoms with van der Waals surface area (Å²) in [5.74, 6) is 0.774. The van der Waals surface area contributed by atoms with Crippen molar-refractivity contribution in [2.75, 3.05) is 0 Å². The number of hydrogen-bond acceptors (Lipinski definition) is 2. The molecule has 0 aromatic heterocycles. The van der Waals surface area contributed by atoms with Gasteiger partial charge < -0.3 is 4.74 Å². The van der Waals surface area contributed by atoms with E-state index < -0.39 is 0 Å². The standard InChI is InChI=1S/C15H18O2/c1-6-15(5)8-13-11(7-12(15)9(2)3)10(4)14(16)17-13/h6,8,12H,1-2,7H2,3-5H3/t12-,15+/m0/s1. The number of hydrogen-bond donors (Lipinski definition) is 0. The number of esters is 1. The Kier molecular flexibility index (Phi) is 2.61. The molecular formula is C15H18O2. The summed E-state index contributed by atoms with van der Waals surface area (Å²) >= 11 is 0. The van der Waals surface area contributed by atoms with Gasteiger partial charge in [-0.15, -0.1) is 6.58 Å². The number of ether oxygens (including phenoxy) is 1. The Balaban J connectivity index is 2.54. The van der Waals surface area contributed by atoms with Crippen molar-refractivity contribution in [3.63, 3.8) is 0 Å². The Bertz CT molecular complexity index is 479. The minimum Gasteiger partial charge on any atom is -0.423 e. The highest BCUT2D eigenvalue weighted by Gasteiger charge is 2.40. The van der Waals surface area contributed by atoms with Crippen LogP contribution in [-0.2, 0) is 9.53 Å². The second kappa shape index (κ2) is 3.73. The van der Waals surface area contributed by atoms with Crippen LogP contribution in [0.25, 0.3) is 0 Å². The highest BCUT2D eigenvalue weighted by Crippen LogP contribution is 2.48. The molecule has 0 fully saturated rings. The molecule has 2 rings (SSSR count). The molecule has 0 bridgehead atoms. The molecule has 2 atom stereocenters. The molecule has 90 valence electrons. The summed E-state index contributed by atoms with van der Waals surface area (Å²) in [5.41, 5.74) is 2.69. The Morgan fingerprint density at radius 1 is 1.65 bits per heavy atom. The second-order valence-electron chi connectivity index (χ2n) is 5.17. The van der Waals surface area contributed by atoms with Gasteiger partial charge in [-0.2, -0.15) is 0 Å². The maximum Gasteiger partial charge on any atom is 0.339 e. The van der Waals surface area contributed by atoms with Crippen molar-refractivity contribution in [1.82, 2.24) is 0 Å². The van der Waals surface area contributed by atoms with Crippen molar-refractivity contribution >= 4 is 5.97 Å². The molecule has 1 aliphatic carbocycles. The van der Waals surface area contributed by atoms with Crippen LogP contribution in [0.3, 0.4) is 0 Å². The number of fused-ring (bicyclic) bond motifs is 1. The van der Waals surface area contributed by atoms with Crippen molar-refractivity contribution in [1.29, 1.82) is 0 Å². The Morgan fingerprint density at radius 3 is 2.82 bits per heavy atom. The summed E-state index contributed by atoms with van der Waals surface area (Å²) in [6.45, 7) is 13.9. The zero-order valence-electron chi connectivity index (χ0n) is 10.7. The van der Waals surface area contributed by atoms with E-state index in [-0.39, 0.29) is 17.3 Å². The average molecular weight is 230 g/mol. The molecule has 0 saturated heterocycles. The Labute approximate surface area is 102 Å². The fourth-order valence-electron chi connectivity index (χ4n) is 2.63. The zero-order chi connectivity index (χ0) is 12.8. The maximum atomic E-state index is 11.5. The highest BCUT2D eigenvalue weighted by molar-refractivity contribution is 5.94. The van der Waals surface area contributed by atoms with Crippen molar-refractivity contribution in [2.45, 2.75) is 27.2 Å². The number of carbonyl (C=O) groups excluding carboxylic acids is 1. The predicted molar refractivity (Wildman–Crippen MR) is 68.1 cm³/mol. The lowest BCUT2D eigenvalue weighted by atomic mass is 9.67. The first-order chi connectivity index (χ1) is 7.89. The van der Waals surface area contributed by atoms with E-state index in [0.29, 0.717) is 5.76 Å². The van der Waals surface area contributed by atoms with Gasteiger partial charge in [0.05, 0.1) is 0 Å². The number of rotatable bonds is 2. The molecule has 1 heterocycles. The predicted octanol–water partition coefficient (Wildman–Crippen LogP) is 3.53. The molecule has 2 aliphatic rings. The number of allylic oxidation sites excluding steroid dienone is 4. The summed E-state index contributed by atoms with van der Waals surface area (Å²) in [6.07, 6.45) is 4.73. The van der Waals surface area contributed by atoms with Gasteiger partial charge in [0.15, 0.2) is 0 Å². The molecule has 2 heteroatoms. The quantitative estimate of drug-likeness (QED) is 0.536. The first-order valence-corrected chi connectivity index (χ1v) is 5.83. The summed E-state index contributed by atoms with van der Waals surface area (Å²) in [6, 6.07) is 0. The Morgan fingerprint density at radius 2 is 2.29 bits per heavy atom. The molecule has 0 unspecified atom stereocenters. The zero-order valence-corrected chi connectivity index (χ0v) is 10.7. The van der Waals surface area contributed by atoms with E-state index in [4.69, 9.17) is 4.74 Å². The summed E-state index contributed by atoms with van der Waals surface area (Å²) in [4.78, 5) is 11.5. The van der Waals surface area contributed by atoms with Crippen molar-refractivity contribution in [3.05, 3.63) is 47.8 Å². The summed E-state index contributed by atoms with van der Waals surface area (Å²) in [7, 11) is 0. The Hall–Kier alpha value is -1.57. The summed E-state index contributed by atoms with van der Waals surface area (Å²) < 4.78 is 5.27. The van der Waals surface area contributed by atoms with Gasteiger partial charge in [0.2, 0.25) is 0 Å². The van der Waals surface area contributed by atoms with Crippen molar-refractivity contribution < 1.29 is 9.53 Å². The SMILES string of the molecule is C=C[C@]1(C)C=C2OC(=O)C(C)=C2C[C@H]1C(=C)C. The van der Waals surface area contributed by atoms with E-state index in [2.05, 4.69) is 20.1 Å². The van der Waals surface area contributed by atoms with Gasteiger partial charge in [0, 0.05) is 16.6 Å². The van der Waals surface area contributed by atoms with Gasteiger partial charge >= 0.3 is 5.97 Å². The lowest BCUT2D eigenvalue weighted by Crippen LogP contribution is -2.28. The lowest BCUT2D eigenvalue weighted by molar-refractivity contribution is -0.133. The van der Waals surface area contributed by atoms with E-state index in [9.17, 15) is 4.79 Å². The number of carbonyl (C=O) groups is 1. The van der Waals surface area contributed by atoms with Crippen LogP contribution >= 0.6 is 0 Å². The van der Waals surface area contributed by atoms with Gasteiger partial charge in [-0.25, -0.2) is 4.79 Å². The smallest absolute Gasteiger partial charge is 0.339 e. The molecule has 0 aromatic carbocycles. The molecular weight excluding hydrogens is 212 g/mol. The largest absolute Gasteiger partial charge is 0.423 e. The van der Waals surface area contributed by atoms with Crippen LogP contribution in [-0.4, -0.2) is 5.97 Å². The third-order valence-electron chi connectivity index (χ3n) is 3.89. The molecule has 0 N–H and O–H groups in total. The maximum absolute atomic E-state index is 11.5. The third-order valence-corrected chi connectivity index (χ3v) is 3.89. The third kappa shape index (κ3) is 1.68. The van der Waals surface area contributed by atoms with Crippen molar-refractivity contribution in [3.8, 4) is 0 Å². The van der Waals surface area contributed by atoms with E-state index in [1.165, 1.54) is 0 Å². The highest BCUT2D eigenvalue weighted by atomic mass is 16.5. The second-order valence-corrected chi connectivity index (χ2v) is 5.17. The molecule has 0 spiro atoms. The first-order valence-electron chi connectivity index (χ1n) is 5.83. The molecule has 0 amide bonds. The molecule has 1 aliphatic heterocycles. The normalized spacial score (nSPS) is 31.8. The van der Waals surface area contributed by atoms with Gasteiger partial charge in [0.25, 0.3) is 0 Å². The van der Waals surface area contributed by atoms with Gasteiger partial charge in [0.1, 0.15) is 5.76 Å². The fourth-order valence-corrected chi connectivity index (χ4v) is 2.63. The first kappa shape index (κ1) is 11.9. The molecule has 0 saturated carbocycles. The fraction of sp³-hybridized carbons (Fsp3) is 0.400. The molecule has 0 radical (unpaired) electrons. The lowest BCUT2D eigenvalue weighted by Gasteiger charge is -2.37. The van der Waals surface area contributed by atoms with E-state index in [1.54, 1.807) is 0 Å². The molecule has 0 aromatic rings. The van der Waals surface area contributed by atoms with E-state index >= 15 is 0 Å².